The van der Waals surface area contributed by atoms with Gasteiger partial charge in [0.25, 0.3) is 5.91 Å². The van der Waals surface area contributed by atoms with Crippen molar-refractivity contribution in [3.63, 3.8) is 0 Å². The predicted octanol–water partition coefficient (Wildman–Crippen LogP) is 3.33. The Morgan fingerprint density at radius 3 is 2.73 bits per heavy atom. The van der Waals surface area contributed by atoms with E-state index < -0.39 is 0 Å². The second kappa shape index (κ2) is 9.42. The summed E-state index contributed by atoms with van der Waals surface area (Å²) in [5.74, 6) is 0.352. The molecule has 1 amide bonds. The Hall–Kier alpha value is -3.71. The Morgan fingerprint density at radius 1 is 1.00 bits per heavy atom. The molecule has 5 rings (SSSR count). The standard InChI is InChI=1S/C26H26N6O/c1-31-10-11-32(26(33)22-7-9-29-24(13-22)23-14-27-18-28-15-23)17-19(16-31)12-21-5-2-4-20-6-3-8-30-25(20)21/h2-9,13-15,18-19H,10-12,16-17H2,1H3/t19-/m0/s1. The van der Waals surface area contributed by atoms with Gasteiger partial charge in [0.1, 0.15) is 6.33 Å². The Labute approximate surface area is 193 Å². The van der Waals surface area contributed by atoms with Crippen molar-refractivity contribution in [3.05, 3.63) is 84.7 Å². The van der Waals surface area contributed by atoms with Crippen LogP contribution in [0.2, 0.25) is 0 Å². The molecule has 0 spiro atoms. The van der Waals surface area contributed by atoms with Crippen molar-refractivity contribution in [2.45, 2.75) is 6.42 Å². The molecule has 1 saturated heterocycles. The van der Waals surface area contributed by atoms with Gasteiger partial charge >= 0.3 is 0 Å². The van der Waals surface area contributed by atoms with E-state index in [1.165, 1.54) is 11.9 Å². The van der Waals surface area contributed by atoms with E-state index in [-0.39, 0.29) is 5.91 Å². The molecule has 7 nitrogen and oxygen atoms in total. The van der Waals surface area contributed by atoms with Crippen LogP contribution < -0.4 is 0 Å². The fraction of sp³-hybridized carbons (Fsp3) is 0.269. The maximum absolute atomic E-state index is 13.5. The molecule has 0 aliphatic carbocycles. The fourth-order valence-electron chi connectivity index (χ4n) is 4.58. The Kier molecular flexibility index (Phi) is 6.04. The summed E-state index contributed by atoms with van der Waals surface area (Å²) in [5.41, 5.74) is 4.42. The van der Waals surface area contributed by atoms with Gasteiger partial charge in [0.15, 0.2) is 0 Å². The van der Waals surface area contributed by atoms with Crippen molar-refractivity contribution in [3.8, 4) is 11.3 Å². The smallest absolute Gasteiger partial charge is 0.254 e. The van der Waals surface area contributed by atoms with E-state index in [2.05, 4.69) is 56.1 Å². The van der Waals surface area contributed by atoms with E-state index in [0.717, 1.165) is 36.0 Å². The van der Waals surface area contributed by atoms with Crippen LogP contribution in [0.25, 0.3) is 22.2 Å². The van der Waals surface area contributed by atoms with E-state index in [0.29, 0.717) is 30.3 Å². The van der Waals surface area contributed by atoms with Gasteiger partial charge < -0.3 is 9.80 Å². The van der Waals surface area contributed by atoms with Crippen molar-refractivity contribution in [1.82, 2.24) is 29.7 Å². The number of hydrogen-bond donors (Lipinski definition) is 0. The van der Waals surface area contributed by atoms with Crippen LogP contribution in [0.15, 0.2) is 73.6 Å². The SMILES string of the molecule is CN1CCN(C(=O)c2ccnc(-c3cncnc3)c2)C[C@@H](Cc2cccc3cccnc23)C1. The quantitative estimate of drug-likeness (QED) is 0.487. The summed E-state index contributed by atoms with van der Waals surface area (Å²) < 4.78 is 0. The number of fused-ring (bicyclic) bond motifs is 1. The maximum atomic E-state index is 13.5. The van der Waals surface area contributed by atoms with Crippen LogP contribution in [0.4, 0.5) is 0 Å². The highest BCUT2D eigenvalue weighted by molar-refractivity contribution is 5.95. The fourth-order valence-corrected chi connectivity index (χ4v) is 4.58. The van der Waals surface area contributed by atoms with Crippen LogP contribution in [0.1, 0.15) is 15.9 Å². The zero-order valence-electron chi connectivity index (χ0n) is 18.6. The number of hydrogen-bond acceptors (Lipinski definition) is 6. The highest BCUT2D eigenvalue weighted by Gasteiger charge is 2.26. The molecule has 0 unspecified atom stereocenters. The summed E-state index contributed by atoms with van der Waals surface area (Å²) in [5, 5.41) is 1.15. The van der Waals surface area contributed by atoms with E-state index >= 15 is 0 Å². The lowest BCUT2D eigenvalue weighted by molar-refractivity contribution is 0.0746. The molecular weight excluding hydrogens is 412 g/mol. The number of pyridine rings is 2. The van der Waals surface area contributed by atoms with Crippen molar-refractivity contribution in [2.75, 3.05) is 33.2 Å². The van der Waals surface area contributed by atoms with Gasteiger partial charge in [-0.15, -0.1) is 0 Å². The summed E-state index contributed by atoms with van der Waals surface area (Å²) >= 11 is 0. The van der Waals surface area contributed by atoms with Gasteiger partial charge in [-0.05, 0) is 43.1 Å². The van der Waals surface area contributed by atoms with Crippen LogP contribution in [0.3, 0.4) is 0 Å². The monoisotopic (exact) mass is 438 g/mol. The van der Waals surface area contributed by atoms with Gasteiger partial charge in [-0.2, -0.15) is 0 Å². The minimum absolute atomic E-state index is 0.0341. The third-order valence-corrected chi connectivity index (χ3v) is 6.18. The zero-order valence-corrected chi connectivity index (χ0v) is 18.6. The van der Waals surface area contributed by atoms with Gasteiger partial charge in [-0.25, -0.2) is 9.97 Å². The molecule has 166 valence electrons. The van der Waals surface area contributed by atoms with Crippen molar-refractivity contribution >= 4 is 16.8 Å². The lowest BCUT2D eigenvalue weighted by Gasteiger charge is -2.25. The lowest BCUT2D eigenvalue weighted by atomic mass is 9.96. The summed E-state index contributed by atoms with van der Waals surface area (Å²) in [7, 11) is 2.13. The molecule has 1 fully saturated rings. The number of likely N-dealkylation sites (N-methyl/N-ethyl adjacent to an activating group) is 1. The van der Waals surface area contributed by atoms with Gasteiger partial charge in [-0.3, -0.25) is 14.8 Å². The molecule has 0 radical (unpaired) electrons. The van der Waals surface area contributed by atoms with Crippen LogP contribution >= 0.6 is 0 Å². The molecule has 4 aromatic rings. The first-order valence-corrected chi connectivity index (χ1v) is 11.2. The van der Waals surface area contributed by atoms with Gasteiger partial charge in [-0.1, -0.05) is 24.3 Å². The molecule has 3 aromatic heterocycles. The Morgan fingerprint density at radius 2 is 1.85 bits per heavy atom. The molecule has 1 aliphatic heterocycles. The molecule has 0 N–H and O–H groups in total. The first-order chi connectivity index (χ1) is 16.2. The summed E-state index contributed by atoms with van der Waals surface area (Å²) in [6.07, 6.45) is 9.30. The molecule has 0 saturated carbocycles. The Balaban J connectivity index is 1.38. The van der Waals surface area contributed by atoms with E-state index in [1.807, 2.05) is 23.2 Å². The topological polar surface area (TPSA) is 75.1 Å². The average molecular weight is 439 g/mol. The first-order valence-electron chi connectivity index (χ1n) is 11.2. The van der Waals surface area contributed by atoms with Gasteiger partial charge in [0.2, 0.25) is 0 Å². The lowest BCUT2D eigenvalue weighted by Crippen LogP contribution is -2.36. The molecule has 33 heavy (non-hydrogen) atoms. The summed E-state index contributed by atoms with van der Waals surface area (Å²) in [6.45, 7) is 3.20. The molecule has 4 heterocycles. The number of amides is 1. The second-order valence-corrected chi connectivity index (χ2v) is 8.63. The average Bonchev–Trinajstić information content (AvgIpc) is 3.05. The van der Waals surface area contributed by atoms with E-state index in [4.69, 9.17) is 0 Å². The molecule has 1 aliphatic rings. The maximum Gasteiger partial charge on any atom is 0.254 e. The third kappa shape index (κ3) is 4.73. The van der Waals surface area contributed by atoms with Crippen molar-refractivity contribution in [1.29, 1.82) is 0 Å². The highest BCUT2D eigenvalue weighted by Crippen LogP contribution is 2.23. The molecular formula is C26H26N6O. The number of carbonyl (C=O) groups is 1. The predicted molar refractivity (Wildman–Crippen MR) is 128 cm³/mol. The summed E-state index contributed by atoms with van der Waals surface area (Å²) in [4.78, 5) is 34.9. The number of para-hydroxylation sites is 1. The van der Waals surface area contributed by atoms with Gasteiger partial charge in [0, 0.05) is 67.5 Å². The minimum Gasteiger partial charge on any atom is -0.337 e. The number of nitrogens with zero attached hydrogens (tertiary/aromatic N) is 6. The second-order valence-electron chi connectivity index (χ2n) is 8.63. The molecule has 0 bridgehead atoms. The third-order valence-electron chi connectivity index (χ3n) is 6.18. The number of rotatable bonds is 4. The summed E-state index contributed by atoms with van der Waals surface area (Å²) in [6, 6.07) is 14.0. The van der Waals surface area contributed by atoms with Crippen LogP contribution in [-0.4, -0.2) is 68.9 Å². The molecule has 7 heteroatoms. The van der Waals surface area contributed by atoms with Crippen molar-refractivity contribution < 1.29 is 4.79 Å². The normalized spacial score (nSPS) is 17.1. The van der Waals surface area contributed by atoms with E-state index in [1.54, 1.807) is 24.7 Å². The minimum atomic E-state index is 0.0341. The van der Waals surface area contributed by atoms with Crippen LogP contribution in [0.5, 0.6) is 0 Å². The van der Waals surface area contributed by atoms with E-state index in [9.17, 15) is 4.79 Å². The van der Waals surface area contributed by atoms with Crippen LogP contribution in [-0.2, 0) is 6.42 Å². The first kappa shape index (κ1) is 21.2. The largest absolute Gasteiger partial charge is 0.337 e. The molecule has 1 atom stereocenters. The number of carbonyl (C=O) groups excluding carboxylic acids is 1. The molecule has 1 aromatic carbocycles. The van der Waals surface area contributed by atoms with Crippen molar-refractivity contribution in [2.24, 2.45) is 5.92 Å². The zero-order chi connectivity index (χ0) is 22.6. The number of benzene rings is 1. The van der Waals surface area contributed by atoms with Crippen LogP contribution in [0, 0.1) is 5.92 Å². The highest BCUT2D eigenvalue weighted by atomic mass is 16.2. The van der Waals surface area contributed by atoms with Gasteiger partial charge in [0.05, 0.1) is 11.2 Å². The Bertz CT molecular complexity index is 1260. The number of aromatic nitrogens is 4.